The first-order valence-corrected chi connectivity index (χ1v) is 6.19. The lowest BCUT2D eigenvalue weighted by atomic mass is 10.2. The number of nitrogens with zero attached hydrogens (tertiary/aromatic N) is 1. The van der Waals surface area contributed by atoms with E-state index in [9.17, 15) is 4.79 Å². The number of amides is 1. The van der Waals surface area contributed by atoms with Crippen molar-refractivity contribution in [2.45, 2.75) is 13.0 Å². The van der Waals surface area contributed by atoms with Crippen LogP contribution in [0.5, 0.6) is 0 Å². The van der Waals surface area contributed by atoms with Crippen molar-refractivity contribution in [1.82, 2.24) is 10.3 Å². The van der Waals surface area contributed by atoms with E-state index in [1.807, 2.05) is 13.0 Å². The summed E-state index contributed by atoms with van der Waals surface area (Å²) >= 11 is 2.12. The number of hydrogen-bond acceptors (Lipinski definition) is 3. The Labute approximate surface area is 113 Å². The van der Waals surface area contributed by atoms with Crippen LogP contribution in [0.3, 0.4) is 0 Å². The number of halogens is 1. The van der Waals surface area contributed by atoms with Gasteiger partial charge < -0.3 is 9.73 Å². The number of carbonyl (C=O) groups excluding carboxylic acids is 1. The van der Waals surface area contributed by atoms with Crippen molar-refractivity contribution in [3.05, 3.63) is 51.7 Å². The molecule has 1 N–H and O–H groups in total. The van der Waals surface area contributed by atoms with E-state index in [0.29, 0.717) is 5.56 Å². The predicted molar refractivity (Wildman–Crippen MR) is 71.5 cm³/mol. The molecule has 0 aliphatic heterocycles. The molecule has 0 aliphatic rings. The van der Waals surface area contributed by atoms with Gasteiger partial charge in [0.2, 0.25) is 0 Å². The van der Waals surface area contributed by atoms with Gasteiger partial charge in [-0.25, -0.2) is 0 Å². The maximum absolute atomic E-state index is 11.9. The van der Waals surface area contributed by atoms with Gasteiger partial charge in [0.1, 0.15) is 5.76 Å². The van der Waals surface area contributed by atoms with Crippen molar-refractivity contribution >= 4 is 28.5 Å². The summed E-state index contributed by atoms with van der Waals surface area (Å²) in [5, 5.41) is 2.85. The van der Waals surface area contributed by atoms with Gasteiger partial charge in [-0.1, -0.05) is 0 Å². The topological polar surface area (TPSA) is 55.1 Å². The first kappa shape index (κ1) is 12.1. The van der Waals surface area contributed by atoms with Crippen molar-refractivity contribution in [1.29, 1.82) is 0 Å². The summed E-state index contributed by atoms with van der Waals surface area (Å²) in [6, 6.07) is 5.26. The lowest BCUT2D eigenvalue weighted by Crippen LogP contribution is -2.26. The summed E-state index contributed by atoms with van der Waals surface area (Å²) in [5.74, 6) is 0.580. The molecule has 1 amide bonds. The van der Waals surface area contributed by atoms with E-state index in [1.165, 1.54) is 0 Å². The smallest absolute Gasteiger partial charge is 0.253 e. The van der Waals surface area contributed by atoms with Crippen LogP contribution < -0.4 is 5.32 Å². The Morgan fingerprint density at radius 2 is 2.35 bits per heavy atom. The van der Waals surface area contributed by atoms with Gasteiger partial charge in [-0.3, -0.25) is 9.78 Å². The number of nitrogens with one attached hydrogen (secondary N) is 1. The van der Waals surface area contributed by atoms with Gasteiger partial charge in [0, 0.05) is 16.0 Å². The van der Waals surface area contributed by atoms with Crippen LogP contribution in [-0.4, -0.2) is 10.9 Å². The Hall–Kier alpha value is -1.37. The van der Waals surface area contributed by atoms with E-state index in [1.54, 1.807) is 30.8 Å². The van der Waals surface area contributed by atoms with Crippen LogP contribution in [0.25, 0.3) is 0 Å². The Morgan fingerprint density at radius 1 is 1.53 bits per heavy atom. The lowest BCUT2D eigenvalue weighted by molar-refractivity contribution is 0.0935. The number of furan rings is 1. The van der Waals surface area contributed by atoms with E-state index in [0.717, 1.165) is 9.33 Å². The summed E-state index contributed by atoms with van der Waals surface area (Å²) in [5.41, 5.74) is 0.551. The summed E-state index contributed by atoms with van der Waals surface area (Å²) < 4.78 is 6.16. The quantitative estimate of drug-likeness (QED) is 0.873. The van der Waals surface area contributed by atoms with E-state index in [-0.39, 0.29) is 11.9 Å². The standard InChI is InChI=1S/C12H11IN2O2/c1-8(11-3-2-4-17-11)15-12(16)9-5-10(13)7-14-6-9/h2-8H,1H3,(H,15,16)/t8-/m1/s1. The van der Waals surface area contributed by atoms with Crippen molar-refractivity contribution < 1.29 is 9.21 Å². The average Bonchev–Trinajstić information content (AvgIpc) is 2.82. The zero-order valence-corrected chi connectivity index (χ0v) is 11.3. The van der Waals surface area contributed by atoms with Crippen molar-refractivity contribution in [3.8, 4) is 0 Å². The zero-order valence-electron chi connectivity index (χ0n) is 9.18. The largest absolute Gasteiger partial charge is 0.467 e. The molecule has 0 bridgehead atoms. The molecule has 2 heterocycles. The van der Waals surface area contributed by atoms with Crippen molar-refractivity contribution in [2.24, 2.45) is 0 Å². The Bertz CT molecular complexity index is 511. The van der Waals surface area contributed by atoms with Crippen LogP contribution in [0.15, 0.2) is 41.3 Å². The van der Waals surface area contributed by atoms with Gasteiger partial charge in [0.05, 0.1) is 17.9 Å². The van der Waals surface area contributed by atoms with E-state index < -0.39 is 0 Å². The third kappa shape index (κ3) is 3.06. The van der Waals surface area contributed by atoms with Gasteiger partial charge in [0.25, 0.3) is 5.91 Å². The molecule has 0 saturated carbocycles. The first-order valence-electron chi connectivity index (χ1n) is 5.11. The van der Waals surface area contributed by atoms with Gasteiger partial charge in [-0.2, -0.15) is 0 Å². The van der Waals surface area contributed by atoms with Gasteiger partial charge in [-0.05, 0) is 47.7 Å². The molecule has 0 saturated heterocycles. The summed E-state index contributed by atoms with van der Waals surface area (Å²) in [6.45, 7) is 1.87. The molecule has 2 aromatic rings. The maximum Gasteiger partial charge on any atom is 0.253 e. The van der Waals surface area contributed by atoms with E-state index in [4.69, 9.17) is 4.42 Å². The molecule has 0 unspecified atom stereocenters. The molecule has 2 aromatic heterocycles. The Kier molecular flexibility index (Phi) is 3.78. The second kappa shape index (κ2) is 5.31. The molecule has 2 rings (SSSR count). The molecular formula is C12H11IN2O2. The highest BCUT2D eigenvalue weighted by Crippen LogP contribution is 2.13. The second-order valence-corrected chi connectivity index (χ2v) is 4.85. The first-order chi connectivity index (χ1) is 8.16. The minimum absolute atomic E-state index is 0.153. The third-order valence-electron chi connectivity index (χ3n) is 2.28. The molecule has 88 valence electrons. The summed E-state index contributed by atoms with van der Waals surface area (Å²) in [7, 11) is 0. The highest BCUT2D eigenvalue weighted by Gasteiger charge is 2.13. The van der Waals surface area contributed by atoms with Gasteiger partial charge >= 0.3 is 0 Å². The van der Waals surface area contributed by atoms with Gasteiger partial charge in [0.15, 0.2) is 0 Å². The Balaban J connectivity index is 2.07. The van der Waals surface area contributed by atoms with E-state index >= 15 is 0 Å². The average molecular weight is 342 g/mol. The number of pyridine rings is 1. The number of rotatable bonds is 3. The molecule has 0 fully saturated rings. The van der Waals surface area contributed by atoms with E-state index in [2.05, 4.69) is 32.9 Å². The second-order valence-electron chi connectivity index (χ2n) is 3.60. The van der Waals surface area contributed by atoms with Crippen LogP contribution in [0.4, 0.5) is 0 Å². The zero-order chi connectivity index (χ0) is 12.3. The molecule has 5 heteroatoms. The number of aromatic nitrogens is 1. The van der Waals surface area contributed by atoms with Crippen molar-refractivity contribution in [2.75, 3.05) is 0 Å². The minimum atomic E-state index is -0.157. The molecular weight excluding hydrogens is 331 g/mol. The fourth-order valence-corrected chi connectivity index (χ4v) is 1.92. The molecule has 0 aromatic carbocycles. The Morgan fingerprint density at radius 3 is 3.00 bits per heavy atom. The molecule has 0 aliphatic carbocycles. The molecule has 0 radical (unpaired) electrons. The lowest BCUT2D eigenvalue weighted by Gasteiger charge is -2.11. The van der Waals surface area contributed by atoms with Crippen molar-refractivity contribution in [3.63, 3.8) is 0 Å². The summed E-state index contributed by atoms with van der Waals surface area (Å²) in [4.78, 5) is 15.9. The summed E-state index contributed by atoms with van der Waals surface area (Å²) in [6.07, 6.45) is 4.84. The maximum atomic E-state index is 11.9. The monoisotopic (exact) mass is 342 g/mol. The van der Waals surface area contributed by atoms with Crippen LogP contribution in [0.2, 0.25) is 0 Å². The van der Waals surface area contributed by atoms with Crippen LogP contribution in [0, 0.1) is 3.57 Å². The van der Waals surface area contributed by atoms with Crippen LogP contribution in [-0.2, 0) is 0 Å². The van der Waals surface area contributed by atoms with Crippen LogP contribution in [0.1, 0.15) is 29.1 Å². The SMILES string of the molecule is C[C@@H](NC(=O)c1cncc(I)c1)c1ccco1. The normalized spacial score (nSPS) is 12.1. The highest BCUT2D eigenvalue weighted by atomic mass is 127. The fraction of sp³-hybridized carbons (Fsp3) is 0.167. The van der Waals surface area contributed by atoms with Crippen LogP contribution >= 0.6 is 22.6 Å². The highest BCUT2D eigenvalue weighted by molar-refractivity contribution is 14.1. The van der Waals surface area contributed by atoms with Gasteiger partial charge in [-0.15, -0.1) is 0 Å². The molecule has 17 heavy (non-hydrogen) atoms. The third-order valence-corrected chi connectivity index (χ3v) is 2.87. The molecule has 1 atom stereocenters. The minimum Gasteiger partial charge on any atom is -0.467 e. The number of carbonyl (C=O) groups is 1. The fourth-order valence-electron chi connectivity index (χ4n) is 1.42. The number of hydrogen-bond donors (Lipinski definition) is 1. The molecule has 4 nitrogen and oxygen atoms in total. The predicted octanol–water partition coefficient (Wildman–Crippen LogP) is 2.77. The molecule has 0 spiro atoms.